The molecule has 0 saturated heterocycles. The van der Waals surface area contributed by atoms with Crippen LogP contribution in [0.4, 0.5) is 13.2 Å². The minimum atomic E-state index is -4.08. The lowest BCUT2D eigenvalue weighted by molar-refractivity contribution is -0.227. The molecule has 0 aromatic carbocycles. The molecule has 0 rings (SSSR count). The van der Waals surface area contributed by atoms with E-state index < -0.39 is 11.6 Å². The lowest BCUT2D eigenvalue weighted by atomic mass is 9.78. The van der Waals surface area contributed by atoms with Crippen molar-refractivity contribution >= 4 is 0 Å². The molecule has 11 heavy (non-hydrogen) atoms. The van der Waals surface area contributed by atoms with Gasteiger partial charge in [0.15, 0.2) is 0 Å². The second kappa shape index (κ2) is 3.03. The molecule has 0 amide bonds. The molecule has 3 heteroatoms. The highest BCUT2D eigenvalue weighted by atomic mass is 19.4. The summed E-state index contributed by atoms with van der Waals surface area (Å²) in [5, 5.41) is 0. The molecule has 0 spiro atoms. The van der Waals surface area contributed by atoms with Gasteiger partial charge in [-0.3, -0.25) is 0 Å². The zero-order chi connectivity index (χ0) is 9.28. The lowest BCUT2D eigenvalue weighted by Crippen LogP contribution is -2.37. The summed E-state index contributed by atoms with van der Waals surface area (Å²) in [4.78, 5) is 0. The van der Waals surface area contributed by atoms with Crippen LogP contribution in [0.5, 0.6) is 0 Å². The molecule has 68 valence electrons. The van der Waals surface area contributed by atoms with Gasteiger partial charge >= 0.3 is 6.18 Å². The van der Waals surface area contributed by atoms with Crippen LogP contribution in [0.15, 0.2) is 0 Å². The molecule has 0 aliphatic rings. The Balaban J connectivity index is 4.45. The van der Waals surface area contributed by atoms with Gasteiger partial charge in [-0.1, -0.05) is 34.1 Å². The molecule has 0 aromatic rings. The van der Waals surface area contributed by atoms with E-state index in [1.807, 2.05) is 0 Å². The highest BCUT2D eigenvalue weighted by Crippen LogP contribution is 2.44. The van der Waals surface area contributed by atoms with Gasteiger partial charge in [0.05, 0.1) is 5.41 Å². The Kier molecular flexibility index (Phi) is 2.98. The largest absolute Gasteiger partial charge is 0.394 e. The van der Waals surface area contributed by atoms with Gasteiger partial charge in [0.2, 0.25) is 0 Å². The third kappa shape index (κ3) is 2.11. The van der Waals surface area contributed by atoms with Crippen molar-refractivity contribution in [3.8, 4) is 0 Å². The quantitative estimate of drug-likeness (QED) is 0.590. The van der Waals surface area contributed by atoms with Gasteiger partial charge in [-0.2, -0.15) is 13.2 Å². The van der Waals surface area contributed by atoms with Crippen LogP contribution in [0.3, 0.4) is 0 Å². The van der Waals surface area contributed by atoms with Gasteiger partial charge in [0, 0.05) is 0 Å². The smallest absolute Gasteiger partial charge is 0.171 e. The second-order valence-corrected chi connectivity index (χ2v) is 3.53. The summed E-state index contributed by atoms with van der Waals surface area (Å²) in [6.07, 6.45) is -3.52. The lowest BCUT2D eigenvalue weighted by Gasteiger charge is -2.33. The molecule has 0 saturated carbocycles. The Morgan fingerprint density at radius 3 is 1.64 bits per heavy atom. The van der Waals surface area contributed by atoms with Gasteiger partial charge in [-0.05, 0) is 5.92 Å². The zero-order valence-electron chi connectivity index (χ0n) is 7.42. The van der Waals surface area contributed by atoms with E-state index in [0.29, 0.717) is 6.42 Å². The second-order valence-electron chi connectivity index (χ2n) is 3.53. The maximum atomic E-state index is 12.3. The summed E-state index contributed by atoms with van der Waals surface area (Å²) in [7, 11) is 0. The predicted molar refractivity (Wildman–Crippen MR) is 39.3 cm³/mol. The van der Waals surface area contributed by atoms with E-state index in [0.717, 1.165) is 0 Å². The van der Waals surface area contributed by atoms with Crippen molar-refractivity contribution in [2.75, 3.05) is 0 Å². The molecule has 0 N–H and O–H groups in total. The summed E-state index contributed by atoms with van der Waals surface area (Å²) in [5.74, 6) is -0.317. The van der Waals surface area contributed by atoms with E-state index in [1.54, 1.807) is 13.8 Å². The monoisotopic (exact) mass is 168 g/mol. The molecule has 0 aliphatic heterocycles. The van der Waals surface area contributed by atoms with Gasteiger partial charge < -0.3 is 0 Å². The van der Waals surface area contributed by atoms with Crippen LogP contribution in [0, 0.1) is 11.3 Å². The summed E-state index contributed by atoms with van der Waals surface area (Å²) in [6, 6.07) is 0. The Hall–Kier alpha value is -0.210. The number of alkyl halides is 3. The first-order valence-corrected chi connectivity index (χ1v) is 3.80. The maximum Gasteiger partial charge on any atom is 0.394 e. The van der Waals surface area contributed by atoms with Crippen LogP contribution in [-0.4, -0.2) is 6.18 Å². The number of hydrogen-bond acceptors (Lipinski definition) is 0. The summed E-state index contributed by atoms with van der Waals surface area (Å²) < 4.78 is 36.8. The predicted octanol–water partition coefficient (Wildman–Crippen LogP) is 3.62. The molecule has 0 fully saturated rings. The van der Waals surface area contributed by atoms with Crippen molar-refractivity contribution in [3.63, 3.8) is 0 Å². The van der Waals surface area contributed by atoms with Gasteiger partial charge in [0.1, 0.15) is 0 Å². The van der Waals surface area contributed by atoms with Crippen LogP contribution in [0.2, 0.25) is 0 Å². The normalized spacial score (nSPS) is 16.6. The number of rotatable bonds is 2. The summed E-state index contributed by atoms with van der Waals surface area (Å²) in [6.45, 7) is 5.91. The molecule has 1 atom stereocenters. The third-order valence-corrected chi connectivity index (χ3v) is 2.57. The molecule has 0 aromatic heterocycles. The number of hydrogen-bond donors (Lipinski definition) is 0. The fourth-order valence-corrected chi connectivity index (χ4v) is 0.790. The van der Waals surface area contributed by atoms with Gasteiger partial charge in [0.25, 0.3) is 0 Å². The van der Waals surface area contributed by atoms with E-state index in [4.69, 9.17) is 0 Å². The first-order valence-electron chi connectivity index (χ1n) is 3.80. The van der Waals surface area contributed by atoms with Crippen LogP contribution >= 0.6 is 0 Å². The van der Waals surface area contributed by atoms with Crippen LogP contribution < -0.4 is 0 Å². The van der Waals surface area contributed by atoms with E-state index in [9.17, 15) is 13.2 Å². The first-order chi connectivity index (χ1) is 4.73. The van der Waals surface area contributed by atoms with E-state index in [1.165, 1.54) is 13.8 Å². The van der Waals surface area contributed by atoms with Crippen molar-refractivity contribution < 1.29 is 13.2 Å². The Morgan fingerprint density at radius 2 is 1.55 bits per heavy atom. The fraction of sp³-hybridized carbons (Fsp3) is 1.00. The summed E-state index contributed by atoms with van der Waals surface area (Å²) >= 11 is 0. The van der Waals surface area contributed by atoms with Crippen molar-refractivity contribution in [2.24, 2.45) is 11.3 Å². The highest BCUT2D eigenvalue weighted by Gasteiger charge is 2.49. The average molecular weight is 168 g/mol. The Bertz CT molecular complexity index is 124. The van der Waals surface area contributed by atoms with Crippen molar-refractivity contribution in [1.82, 2.24) is 0 Å². The molecule has 0 aliphatic carbocycles. The standard InChI is InChI=1S/C8H15F3/c1-5-6(2)7(3,4)8(9,10)11/h6H,5H2,1-4H3. The minimum absolute atomic E-state index is 0.317. The first kappa shape index (κ1) is 10.8. The average Bonchev–Trinajstić information content (AvgIpc) is 1.83. The number of halogens is 3. The zero-order valence-corrected chi connectivity index (χ0v) is 7.42. The van der Waals surface area contributed by atoms with Gasteiger partial charge in [-0.25, -0.2) is 0 Å². The van der Waals surface area contributed by atoms with Crippen molar-refractivity contribution in [1.29, 1.82) is 0 Å². The molecule has 0 nitrogen and oxygen atoms in total. The van der Waals surface area contributed by atoms with Crippen LogP contribution in [-0.2, 0) is 0 Å². The van der Waals surface area contributed by atoms with Crippen LogP contribution in [0.1, 0.15) is 34.1 Å². The van der Waals surface area contributed by atoms with Gasteiger partial charge in [-0.15, -0.1) is 0 Å². The molecular weight excluding hydrogens is 153 g/mol. The van der Waals surface area contributed by atoms with Crippen LogP contribution in [0.25, 0.3) is 0 Å². The highest BCUT2D eigenvalue weighted by molar-refractivity contribution is 4.81. The Labute approximate surface area is 65.8 Å². The van der Waals surface area contributed by atoms with E-state index in [-0.39, 0.29) is 5.92 Å². The topological polar surface area (TPSA) is 0 Å². The SMILES string of the molecule is CCC(C)C(C)(C)C(F)(F)F. The van der Waals surface area contributed by atoms with Crippen molar-refractivity contribution in [2.45, 2.75) is 40.3 Å². The molecule has 0 bridgehead atoms. The maximum absolute atomic E-state index is 12.3. The summed E-state index contributed by atoms with van der Waals surface area (Å²) in [5.41, 5.74) is -1.55. The molecular formula is C8H15F3. The molecule has 1 unspecified atom stereocenters. The Morgan fingerprint density at radius 1 is 1.18 bits per heavy atom. The molecule has 0 heterocycles. The third-order valence-electron chi connectivity index (χ3n) is 2.57. The fourth-order valence-electron chi connectivity index (χ4n) is 0.790. The van der Waals surface area contributed by atoms with E-state index in [2.05, 4.69) is 0 Å². The van der Waals surface area contributed by atoms with E-state index >= 15 is 0 Å². The minimum Gasteiger partial charge on any atom is -0.171 e. The van der Waals surface area contributed by atoms with Crippen molar-refractivity contribution in [3.05, 3.63) is 0 Å². The molecule has 0 radical (unpaired) electrons.